The molecule has 22 heavy (non-hydrogen) atoms. The third-order valence-electron chi connectivity index (χ3n) is 4.17. The van der Waals surface area contributed by atoms with Gasteiger partial charge in [0.05, 0.1) is 11.6 Å². The molecule has 116 valence electrons. The number of aryl methyl sites for hydroxylation is 2. The van der Waals surface area contributed by atoms with Gasteiger partial charge in [0.15, 0.2) is 5.13 Å². The van der Waals surface area contributed by atoms with Crippen molar-refractivity contribution in [1.82, 2.24) is 4.98 Å². The van der Waals surface area contributed by atoms with Gasteiger partial charge in [0.2, 0.25) is 5.91 Å². The van der Waals surface area contributed by atoms with Gasteiger partial charge in [0, 0.05) is 4.88 Å². The van der Waals surface area contributed by atoms with Gasteiger partial charge in [-0.3, -0.25) is 4.79 Å². The number of hydrogen-bond donors (Lipinski definition) is 1. The molecule has 0 radical (unpaired) electrons. The summed E-state index contributed by atoms with van der Waals surface area (Å²) in [4.78, 5) is 18.6. The molecule has 3 nitrogen and oxygen atoms in total. The van der Waals surface area contributed by atoms with E-state index in [4.69, 9.17) is 0 Å². The van der Waals surface area contributed by atoms with E-state index < -0.39 is 0 Å². The highest BCUT2D eigenvalue weighted by Crippen LogP contribution is 2.31. The molecule has 1 unspecified atom stereocenters. The number of amides is 1. The molecule has 1 aliphatic carbocycles. The number of aromatic nitrogens is 1. The van der Waals surface area contributed by atoms with Crippen LogP contribution in [0.15, 0.2) is 30.3 Å². The Labute approximate surface area is 135 Å². The summed E-state index contributed by atoms with van der Waals surface area (Å²) >= 11 is 1.65. The van der Waals surface area contributed by atoms with Crippen LogP contribution in [0.1, 0.15) is 54.7 Å². The second-order valence-electron chi connectivity index (χ2n) is 5.84. The van der Waals surface area contributed by atoms with Crippen LogP contribution in [0.3, 0.4) is 0 Å². The zero-order valence-electron chi connectivity index (χ0n) is 13.0. The molecule has 1 atom stereocenters. The summed E-state index contributed by atoms with van der Waals surface area (Å²) in [6.45, 7) is 2.12. The van der Waals surface area contributed by atoms with Crippen LogP contribution >= 0.6 is 11.3 Å². The van der Waals surface area contributed by atoms with Crippen LogP contribution in [0.2, 0.25) is 0 Å². The van der Waals surface area contributed by atoms with Crippen molar-refractivity contribution in [2.75, 3.05) is 5.32 Å². The molecule has 3 rings (SSSR count). The van der Waals surface area contributed by atoms with Crippen LogP contribution in [0.25, 0.3) is 0 Å². The maximum absolute atomic E-state index is 12.7. The first-order valence-electron chi connectivity index (χ1n) is 8.12. The Bertz CT molecular complexity index is 612. The van der Waals surface area contributed by atoms with E-state index in [2.05, 4.69) is 17.2 Å². The molecule has 1 N–H and O–H groups in total. The summed E-state index contributed by atoms with van der Waals surface area (Å²) in [6, 6.07) is 10.0. The predicted octanol–water partition coefficient (Wildman–Crippen LogP) is 4.54. The van der Waals surface area contributed by atoms with Gasteiger partial charge < -0.3 is 5.32 Å². The maximum Gasteiger partial charge on any atom is 0.233 e. The van der Waals surface area contributed by atoms with Gasteiger partial charge in [-0.1, -0.05) is 43.7 Å². The first-order chi connectivity index (χ1) is 10.8. The molecule has 1 aromatic heterocycles. The van der Waals surface area contributed by atoms with E-state index in [1.807, 2.05) is 30.3 Å². The molecule has 2 aromatic rings. The molecule has 1 heterocycles. The van der Waals surface area contributed by atoms with Crippen LogP contribution < -0.4 is 5.32 Å². The summed E-state index contributed by atoms with van der Waals surface area (Å²) in [7, 11) is 0. The molecule has 0 bridgehead atoms. The largest absolute Gasteiger partial charge is 0.301 e. The average molecular weight is 314 g/mol. The normalized spacial score (nSPS) is 15.1. The molecule has 1 aromatic carbocycles. The third kappa shape index (κ3) is 3.38. The van der Waals surface area contributed by atoms with Crippen LogP contribution in [0, 0.1) is 0 Å². The minimum absolute atomic E-state index is 0.0687. The van der Waals surface area contributed by atoms with Crippen LogP contribution in [0.5, 0.6) is 0 Å². The number of fused-ring (bicyclic) bond motifs is 1. The zero-order chi connectivity index (χ0) is 15.4. The minimum Gasteiger partial charge on any atom is -0.301 e. The lowest BCUT2D eigenvalue weighted by Crippen LogP contribution is -2.21. The van der Waals surface area contributed by atoms with Gasteiger partial charge in [-0.25, -0.2) is 4.98 Å². The van der Waals surface area contributed by atoms with E-state index in [0.717, 1.165) is 36.4 Å². The molecule has 0 aliphatic heterocycles. The van der Waals surface area contributed by atoms with Gasteiger partial charge in [-0.05, 0) is 37.7 Å². The van der Waals surface area contributed by atoms with Crippen molar-refractivity contribution in [3.05, 3.63) is 46.5 Å². The Morgan fingerprint density at radius 2 is 2.05 bits per heavy atom. The molecular formula is C18H22N2OS. The van der Waals surface area contributed by atoms with Gasteiger partial charge in [0.1, 0.15) is 0 Å². The molecule has 0 saturated carbocycles. The lowest BCUT2D eigenvalue weighted by Gasteiger charge is -2.15. The molecular weight excluding hydrogens is 292 g/mol. The highest BCUT2D eigenvalue weighted by atomic mass is 32.1. The minimum atomic E-state index is -0.0906. The SMILES string of the molecule is CCCC(C(=O)Nc1nc2c(s1)CCCC2)c1ccccc1. The number of nitrogens with one attached hydrogen (secondary N) is 1. The monoisotopic (exact) mass is 314 g/mol. The van der Waals surface area contributed by atoms with Gasteiger partial charge in [-0.15, -0.1) is 11.3 Å². The Kier molecular flexibility index (Phi) is 4.88. The third-order valence-corrected chi connectivity index (χ3v) is 5.24. The topological polar surface area (TPSA) is 42.0 Å². The summed E-state index contributed by atoms with van der Waals surface area (Å²) in [5, 5.41) is 3.82. The quantitative estimate of drug-likeness (QED) is 0.880. The predicted molar refractivity (Wildman–Crippen MR) is 91.5 cm³/mol. The number of carbonyl (C=O) groups is 1. The fourth-order valence-electron chi connectivity index (χ4n) is 3.02. The number of nitrogens with zero attached hydrogens (tertiary/aromatic N) is 1. The zero-order valence-corrected chi connectivity index (χ0v) is 13.8. The Morgan fingerprint density at radius 1 is 1.27 bits per heavy atom. The lowest BCUT2D eigenvalue weighted by molar-refractivity contribution is -0.117. The molecule has 1 aliphatic rings. The summed E-state index contributed by atoms with van der Waals surface area (Å²) in [5.74, 6) is -0.0220. The smallest absolute Gasteiger partial charge is 0.233 e. The Hall–Kier alpha value is -1.68. The van der Waals surface area contributed by atoms with Crippen molar-refractivity contribution in [3.63, 3.8) is 0 Å². The molecule has 4 heteroatoms. The van der Waals surface area contributed by atoms with E-state index in [1.165, 1.54) is 23.4 Å². The number of hydrogen-bond acceptors (Lipinski definition) is 3. The number of carbonyl (C=O) groups excluding carboxylic acids is 1. The van der Waals surface area contributed by atoms with Crippen molar-refractivity contribution in [1.29, 1.82) is 0 Å². The first kappa shape index (κ1) is 15.2. The summed E-state index contributed by atoms with van der Waals surface area (Å²) in [5.41, 5.74) is 2.28. The highest BCUT2D eigenvalue weighted by molar-refractivity contribution is 7.15. The standard InChI is InChI=1S/C18H22N2OS/c1-2-8-14(13-9-4-3-5-10-13)17(21)20-18-19-15-11-6-7-12-16(15)22-18/h3-5,9-10,14H,2,6-8,11-12H2,1H3,(H,19,20,21). The summed E-state index contributed by atoms with van der Waals surface area (Å²) < 4.78 is 0. The molecule has 0 fully saturated rings. The maximum atomic E-state index is 12.7. The van der Waals surface area contributed by atoms with E-state index in [0.29, 0.717) is 0 Å². The van der Waals surface area contributed by atoms with Crippen LogP contribution in [-0.2, 0) is 17.6 Å². The highest BCUT2D eigenvalue weighted by Gasteiger charge is 2.22. The van der Waals surface area contributed by atoms with E-state index in [-0.39, 0.29) is 11.8 Å². The van der Waals surface area contributed by atoms with Crippen molar-refractivity contribution in [3.8, 4) is 0 Å². The fourth-order valence-corrected chi connectivity index (χ4v) is 4.07. The molecule has 1 amide bonds. The Morgan fingerprint density at radius 3 is 2.77 bits per heavy atom. The number of rotatable bonds is 5. The van der Waals surface area contributed by atoms with E-state index >= 15 is 0 Å². The van der Waals surface area contributed by atoms with E-state index in [1.54, 1.807) is 11.3 Å². The van der Waals surface area contributed by atoms with Crippen molar-refractivity contribution < 1.29 is 4.79 Å². The van der Waals surface area contributed by atoms with E-state index in [9.17, 15) is 4.79 Å². The number of thiazole rings is 1. The number of benzene rings is 1. The van der Waals surface area contributed by atoms with Gasteiger partial charge >= 0.3 is 0 Å². The summed E-state index contributed by atoms with van der Waals surface area (Å²) in [6.07, 6.45) is 6.47. The van der Waals surface area contributed by atoms with Crippen molar-refractivity contribution in [2.24, 2.45) is 0 Å². The van der Waals surface area contributed by atoms with Gasteiger partial charge in [-0.2, -0.15) is 0 Å². The van der Waals surface area contributed by atoms with Crippen molar-refractivity contribution >= 4 is 22.4 Å². The van der Waals surface area contributed by atoms with Crippen LogP contribution in [-0.4, -0.2) is 10.9 Å². The second kappa shape index (κ2) is 7.05. The average Bonchev–Trinajstić information content (AvgIpc) is 2.95. The number of anilines is 1. The van der Waals surface area contributed by atoms with Crippen molar-refractivity contribution in [2.45, 2.75) is 51.4 Å². The molecule has 0 saturated heterocycles. The van der Waals surface area contributed by atoms with Gasteiger partial charge in [0.25, 0.3) is 0 Å². The lowest BCUT2D eigenvalue weighted by atomic mass is 9.94. The molecule has 0 spiro atoms. The fraction of sp³-hybridized carbons (Fsp3) is 0.444. The second-order valence-corrected chi connectivity index (χ2v) is 6.92. The van der Waals surface area contributed by atoms with Crippen LogP contribution in [0.4, 0.5) is 5.13 Å². The first-order valence-corrected chi connectivity index (χ1v) is 8.94. The Balaban J connectivity index is 1.75.